The van der Waals surface area contributed by atoms with Crippen molar-refractivity contribution in [3.8, 4) is 0 Å². The number of hydrogen-bond acceptors (Lipinski definition) is 4. The smallest absolute Gasteiger partial charge is 0.246 e. The second-order valence-electron chi connectivity index (χ2n) is 5.05. The van der Waals surface area contributed by atoms with E-state index in [4.69, 9.17) is 4.42 Å². The first-order valence-corrected chi connectivity index (χ1v) is 7.05. The summed E-state index contributed by atoms with van der Waals surface area (Å²) in [5.74, 6) is 0.970. The van der Waals surface area contributed by atoms with Crippen molar-refractivity contribution in [2.24, 2.45) is 0 Å². The third-order valence-corrected chi connectivity index (χ3v) is 3.78. The van der Waals surface area contributed by atoms with Crippen LogP contribution in [0.25, 0.3) is 0 Å². The van der Waals surface area contributed by atoms with Crippen molar-refractivity contribution in [2.45, 2.75) is 32.4 Å². The Labute approximate surface area is 123 Å². The van der Waals surface area contributed by atoms with Gasteiger partial charge < -0.3 is 9.32 Å². The molecule has 0 bridgehead atoms. The van der Waals surface area contributed by atoms with E-state index in [1.54, 1.807) is 4.90 Å². The van der Waals surface area contributed by atoms with Gasteiger partial charge >= 0.3 is 0 Å². The predicted molar refractivity (Wildman–Crippen MR) is 77.3 cm³/mol. The number of aryl methyl sites for hydroxylation is 1. The monoisotopic (exact) mass is 283 g/mol. The number of nitrogens with zero attached hydrogens (tertiary/aromatic N) is 3. The standard InChI is InChI=1S/C16H17N3O2/c1-3-14-17-18-16(21-14)13-9-11-7-5-6-8-12(11)10-19(13)15(20)4-2/h4-8,13H,2-3,9-10H2,1H3. The molecule has 2 heterocycles. The van der Waals surface area contributed by atoms with Gasteiger partial charge in [-0.05, 0) is 17.2 Å². The number of benzene rings is 1. The topological polar surface area (TPSA) is 59.2 Å². The predicted octanol–water partition coefficient (Wildman–Crippen LogP) is 2.44. The summed E-state index contributed by atoms with van der Waals surface area (Å²) in [4.78, 5) is 13.9. The lowest BCUT2D eigenvalue weighted by molar-refractivity contribution is -0.130. The van der Waals surface area contributed by atoms with E-state index in [-0.39, 0.29) is 11.9 Å². The van der Waals surface area contributed by atoms with Crippen LogP contribution in [0.1, 0.15) is 35.9 Å². The summed E-state index contributed by atoms with van der Waals surface area (Å²) in [6, 6.07) is 7.89. The van der Waals surface area contributed by atoms with E-state index in [9.17, 15) is 4.79 Å². The van der Waals surface area contributed by atoms with Crippen LogP contribution in [0.4, 0.5) is 0 Å². The molecule has 3 rings (SSSR count). The van der Waals surface area contributed by atoms with E-state index in [0.29, 0.717) is 31.2 Å². The lowest BCUT2D eigenvalue weighted by atomic mass is 9.94. The third-order valence-electron chi connectivity index (χ3n) is 3.78. The maximum Gasteiger partial charge on any atom is 0.246 e. The van der Waals surface area contributed by atoms with Gasteiger partial charge in [0.2, 0.25) is 17.7 Å². The van der Waals surface area contributed by atoms with E-state index in [1.165, 1.54) is 11.6 Å². The maximum absolute atomic E-state index is 12.2. The quantitative estimate of drug-likeness (QED) is 0.812. The van der Waals surface area contributed by atoms with E-state index in [2.05, 4.69) is 22.8 Å². The van der Waals surface area contributed by atoms with Crippen LogP contribution in [0.15, 0.2) is 41.3 Å². The zero-order valence-electron chi connectivity index (χ0n) is 12.0. The first-order chi connectivity index (χ1) is 10.2. The van der Waals surface area contributed by atoms with E-state index >= 15 is 0 Å². The van der Waals surface area contributed by atoms with Gasteiger partial charge in [0.25, 0.3) is 0 Å². The number of fused-ring (bicyclic) bond motifs is 1. The molecule has 1 aromatic heterocycles. The number of rotatable bonds is 3. The lowest BCUT2D eigenvalue weighted by Crippen LogP contribution is -2.38. The molecule has 0 aliphatic carbocycles. The molecule has 1 aliphatic rings. The van der Waals surface area contributed by atoms with Crippen LogP contribution < -0.4 is 0 Å². The van der Waals surface area contributed by atoms with Gasteiger partial charge in [-0.2, -0.15) is 0 Å². The first kappa shape index (κ1) is 13.5. The van der Waals surface area contributed by atoms with Gasteiger partial charge in [-0.3, -0.25) is 4.79 Å². The second-order valence-corrected chi connectivity index (χ2v) is 5.05. The normalized spacial score (nSPS) is 17.4. The zero-order valence-corrected chi connectivity index (χ0v) is 12.0. The largest absolute Gasteiger partial charge is 0.423 e. The molecule has 0 fully saturated rings. The summed E-state index contributed by atoms with van der Waals surface area (Å²) in [6.07, 6.45) is 2.70. The van der Waals surface area contributed by atoms with Crippen LogP contribution in [0.5, 0.6) is 0 Å². The lowest BCUT2D eigenvalue weighted by Gasteiger charge is -2.34. The van der Waals surface area contributed by atoms with Crippen LogP contribution in [-0.2, 0) is 24.2 Å². The molecule has 1 amide bonds. The summed E-state index contributed by atoms with van der Waals surface area (Å²) >= 11 is 0. The Bertz CT molecular complexity index is 678. The first-order valence-electron chi connectivity index (χ1n) is 7.05. The molecule has 21 heavy (non-hydrogen) atoms. The Morgan fingerprint density at radius 3 is 2.86 bits per heavy atom. The zero-order chi connectivity index (χ0) is 14.8. The molecule has 2 aromatic rings. The van der Waals surface area contributed by atoms with E-state index in [0.717, 1.165) is 5.56 Å². The molecule has 0 spiro atoms. The Morgan fingerprint density at radius 1 is 1.43 bits per heavy atom. The fourth-order valence-corrected chi connectivity index (χ4v) is 2.64. The Hall–Kier alpha value is -2.43. The molecule has 0 N–H and O–H groups in total. The van der Waals surface area contributed by atoms with Gasteiger partial charge in [0.05, 0.1) is 0 Å². The summed E-state index contributed by atoms with van der Waals surface area (Å²) in [7, 11) is 0. The van der Waals surface area contributed by atoms with Crippen molar-refractivity contribution < 1.29 is 9.21 Å². The molecule has 5 heteroatoms. The van der Waals surface area contributed by atoms with E-state index in [1.807, 2.05) is 25.1 Å². The minimum Gasteiger partial charge on any atom is -0.423 e. The van der Waals surface area contributed by atoms with Gasteiger partial charge in [-0.1, -0.05) is 37.8 Å². The average Bonchev–Trinajstić information content (AvgIpc) is 3.01. The highest BCUT2D eigenvalue weighted by Gasteiger charge is 2.33. The third kappa shape index (κ3) is 2.46. The Kier molecular flexibility index (Phi) is 3.56. The van der Waals surface area contributed by atoms with Gasteiger partial charge in [0.15, 0.2) is 0 Å². The number of hydrogen-bond donors (Lipinski definition) is 0. The molecule has 1 unspecified atom stereocenters. The highest BCUT2D eigenvalue weighted by Crippen LogP contribution is 2.32. The summed E-state index contributed by atoms with van der Waals surface area (Å²) in [5.41, 5.74) is 2.37. The number of amides is 1. The molecular formula is C16H17N3O2. The number of carbonyl (C=O) groups excluding carboxylic acids is 1. The molecular weight excluding hydrogens is 266 g/mol. The number of carbonyl (C=O) groups is 1. The highest BCUT2D eigenvalue weighted by atomic mass is 16.4. The van der Waals surface area contributed by atoms with Crippen molar-refractivity contribution in [1.29, 1.82) is 0 Å². The average molecular weight is 283 g/mol. The maximum atomic E-state index is 12.2. The van der Waals surface area contributed by atoms with Crippen molar-refractivity contribution in [1.82, 2.24) is 15.1 Å². The molecule has 1 aliphatic heterocycles. The molecule has 5 nitrogen and oxygen atoms in total. The minimum absolute atomic E-state index is 0.120. The summed E-state index contributed by atoms with van der Waals surface area (Å²) < 4.78 is 5.66. The second kappa shape index (κ2) is 5.52. The minimum atomic E-state index is -0.224. The molecule has 1 aromatic carbocycles. The summed E-state index contributed by atoms with van der Waals surface area (Å²) in [6.45, 7) is 6.08. The highest BCUT2D eigenvalue weighted by molar-refractivity contribution is 5.87. The van der Waals surface area contributed by atoms with Gasteiger partial charge in [0.1, 0.15) is 6.04 Å². The van der Waals surface area contributed by atoms with Gasteiger partial charge in [-0.25, -0.2) is 0 Å². The van der Waals surface area contributed by atoms with Gasteiger partial charge in [0, 0.05) is 19.4 Å². The Balaban J connectivity index is 1.99. The summed E-state index contributed by atoms with van der Waals surface area (Å²) in [5, 5.41) is 8.11. The van der Waals surface area contributed by atoms with Crippen molar-refractivity contribution in [3.63, 3.8) is 0 Å². The molecule has 0 radical (unpaired) electrons. The SMILES string of the molecule is C=CC(=O)N1Cc2ccccc2CC1c1nnc(CC)o1. The van der Waals surface area contributed by atoms with Crippen molar-refractivity contribution in [3.05, 3.63) is 59.8 Å². The molecule has 0 saturated carbocycles. The van der Waals surface area contributed by atoms with Crippen LogP contribution in [-0.4, -0.2) is 21.0 Å². The molecule has 1 atom stereocenters. The van der Waals surface area contributed by atoms with Crippen molar-refractivity contribution >= 4 is 5.91 Å². The van der Waals surface area contributed by atoms with Crippen LogP contribution >= 0.6 is 0 Å². The van der Waals surface area contributed by atoms with E-state index < -0.39 is 0 Å². The van der Waals surface area contributed by atoms with Gasteiger partial charge in [-0.15, -0.1) is 10.2 Å². The van der Waals surface area contributed by atoms with Crippen LogP contribution in [0.3, 0.4) is 0 Å². The molecule has 0 saturated heterocycles. The number of aromatic nitrogens is 2. The van der Waals surface area contributed by atoms with Crippen LogP contribution in [0, 0.1) is 0 Å². The van der Waals surface area contributed by atoms with Crippen molar-refractivity contribution in [2.75, 3.05) is 0 Å². The fourth-order valence-electron chi connectivity index (χ4n) is 2.64. The van der Waals surface area contributed by atoms with Crippen LogP contribution in [0.2, 0.25) is 0 Å². The Morgan fingerprint density at radius 2 is 2.19 bits per heavy atom. The molecule has 108 valence electrons. The fraction of sp³-hybridized carbons (Fsp3) is 0.312.